The number of nitrogens with zero attached hydrogens (tertiary/aromatic N) is 2. The number of ether oxygens (including phenoxy) is 3. The van der Waals surface area contributed by atoms with Crippen LogP contribution in [0.25, 0.3) is 5.76 Å². The summed E-state index contributed by atoms with van der Waals surface area (Å²) in [4.78, 5) is 30.3. The number of halogens is 1. The maximum absolute atomic E-state index is 13.3. The lowest BCUT2D eigenvalue weighted by atomic mass is 9.95. The molecule has 0 bridgehead atoms. The van der Waals surface area contributed by atoms with Gasteiger partial charge in [-0.1, -0.05) is 31.0 Å². The summed E-state index contributed by atoms with van der Waals surface area (Å²) in [6.07, 6.45) is 1.91. The van der Waals surface area contributed by atoms with Gasteiger partial charge >= 0.3 is 0 Å². The molecule has 2 heterocycles. The zero-order valence-electron chi connectivity index (χ0n) is 21.2. The van der Waals surface area contributed by atoms with Crippen LogP contribution in [0.3, 0.4) is 0 Å². The van der Waals surface area contributed by atoms with Gasteiger partial charge in [0.2, 0.25) is 0 Å². The number of methoxy groups -OCH3 is 1. The number of carbonyl (C=O) groups is 2. The van der Waals surface area contributed by atoms with Crippen molar-refractivity contribution >= 4 is 29.1 Å². The average Bonchev–Trinajstić information content (AvgIpc) is 3.17. The smallest absolute Gasteiger partial charge is 0.295 e. The maximum atomic E-state index is 13.3. The minimum Gasteiger partial charge on any atom is -0.507 e. The van der Waals surface area contributed by atoms with Crippen molar-refractivity contribution in [3.8, 4) is 11.5 Å². The molecule has 37 heavy (non-hydrogen) atoms. The Kier molecular flexibility index (Phi) is 9.08. The molecule has 2 aromatic rings. The van der Waals surface area contributed by atoms with Crippen molar-refractivity contribution < 1.29 is 28.9 Å². The Hall–Kier alpha value is -3.07. The maximum Gasteiger partial charge on any atom is 0.295 e. The van der Waals surface area contributed by atoms with Gasteiger partial charge < -0.3 is 24.2 Å². The fourth-order valence-corrected chi connectivity index (χ4v) is 4.72. The number of likely N-dealkylation sites (tertiary alicyclic amines) is 1. The van der Waals surface area contributed by atoms with Crippen LogP contribution in [-0.4, -0.2) is 79.7 Å². The van der Waals surface area contributed by atoms with Gasteiger partial charge in [0.05, 0.1) is 38.5 Å². The van der Waals surface area contributed by atoms with Crippen molar-refractivity contribution in [3.63, 3.8) is 0 Å². The van der Waals surface area contributed by atoms with Crippen molar-refractivity contribution in [2.75, 3.05) is 53.1 Å². The summed E-state index contributed by atoms with van der Waals surface area (Å²) < 4.78 is 16.9. The number of hydrogen-bond donors (Lipinski definition) is 1. The summed E-state index contributed by atoms with van der Waals surface area (Å²) in [5.41, 5.74) is 1.10. The van der Waals surface area contributed by atoms with Crippen LogP contribution in [0.5, 0.6) is 11.5 Å². The highest BCUT2D eigenvalue weighted by molar-refractivity contribution is 6.46. The average molecular weight is 529 g/mol. The molecule has 198 valence electrons. The first kappa shape index (κ1) is 27.0. The lowest BCUT2D eigenvalue weighted by Gasteiger charge is -2.31. The van der Waals surface area contributed by atoms with E-state index in [1.54, 1.807) is 43.5 Å². The van der Waals surface area contributed by atoms with E-state index >= 15 is 0 Å². The van der Waals surface area contributed by atoms with Crippen molar-refractivity contribution in [1.82, 2.24) is 9.80 Å². The summed E-state index contributed by atoms with van der Waals surface area (Å²) in [5, 5.41) is 11.7. The number of hydrogen-bond acceptors (Lipinski definition) is 7. The monoisotopic (exact) mass is 528 g/mol. The van der Waals surface area contributed by atoms with Gasteiger partial charge in [0.1, 0.15) is 5.76 Å². The van der Waals surface area contributed by atoms with E-state index in [0.717, 1.165) is 25.9 Å². The van der Waals surface area contributed by atoms with Gasteiger partial charge in [0, 0.05) is 36.8 Å². The largest absolute Gasteiger partial charge is 0.507 e. The molecule has 1 N–H and O–H groups in total. The highest BCUT2D eigenvalue weighted by Gasteiger charge is 2.46. The lowest BCUT2D eigenvalue weighted by molar-refractivity contribution is -0.140. The summed E-state index contributed by atoms with van der Waals surface area (Å²) in [6, 6.07) is 11.1. The minimum atomic E-state index is -0.782. The number of ketones is 1. The number of benzene rings is 2. The molecule has 2 fully saturated rings. The van der Waals surface area contributed by atoms with Crippen molar-refractivity contribution in [2.45, 2.75) is 25.8 Å². The molecule has 4 rings (SSSR count). The van der Waals surface area contributed by atoms with E-state index in [9.17, 15) is 14.7 Å². The zero-order chi connectivity index (χ0) is 26.4. The fourth-order valence-electron chi connectivity index (χ4n) is 4.59. The van der Waals surface area contributed by atoms with E-state index in [4.69, 9.17) is 25.8 Å². The van der Waals surface area contributed by atoms with E-state index in [-0.39, 0.29) is 11.3 Å². The molecule has 9 heteroatoms. The Bertz CT molecular complexity index is 1140. The number of aliphatic hydroxyl groups is 1. The normalized spacial score (nSPS) is 19.9. The second-order valence-corrected chi connectivity index (χ2v) is 9.50. The SMILES string of the molecule is CCCCOc1ccc(C2/C(=C(\O)c3ccc(Cl)cc3)C(=O)C(=O)N2CCN2CCOCC2)cc1OC. The van der Waals surface area contributed by atoms with Crippen molar-refractivity contribution in [1.29, 1.82) is 0 Å². The van der Waals surface area contributed by atoms with E-state index in [1.807, 2.05) is 6.07 Å². The van der Waals surface area contributed by atoms with Crippen LogP contribution in [0.4, 0.5) is 0 Å². The number of aliphatic hydroxyl groups excluding tert-OH is 1. The van der Waals surface area contributed by atoms with Crippen molar-refractivity contribution in [2.24, 2.45) is 0 Å². The van der Waals surface area contributed by atoms with Crippen molar-refractivity contribution in [3.05, 3.63) is 64.2 Å². The van der Waals surface area contributed by atoms with Crippen LogP contribution < -0.4 is 9.47 Å². The molecule has 2 saturated heterocycles. The van der Waals surface area contributed by atoms with Gasteiger partial charge in [0.25, 0.3) is 11.7 Å². The third kappa shape index (κ3) is 6.09. The first-order chi connectivity index (χ1) is 17.9. The van der Waals surface area contributed by atoms with Gasteiger partial charge in [-0.3, -0.25) is 14.5 Å². The van der Waals surface area contributed by atoms with Crippen LogP contribution in [-0.2, 0) is 14.3 Å². The Morgan fingerprint density at radius 3 is 2.49 bits per heavy atom. The first-order valence-corrected chi connectivity index (χ1v) is 13.0. The topological polar surface area (TPSA) is 88.5 Å². The van der Waals surface area contributed by atoms with Crippen LogP contribution in [0, 0.1) is 0 Å². The molecule has 0 aromatic heterocycles. The highest BCUT2D eigenvalue weighted by Crippen LogP contribution is 2.42. The predicted octanol–water partition coefficient (Wildman–Crippen LogP) is 4.28. The molecule has 8 nitrogen and oxygen atoms in total. The number of unbranched alkanes of at least 4 members (excludes halogenated alkanes) is 1. The van der Waals surface area contributed by atoms with Gasteiger partial charge in [-0.2, -0.15) is 0 Å². The van der Waals surface area contributed by atoms with Gasteiger partial charge in [-0.15, -0.1) is 0 Å². The van der Waals surface area contributed by atoms with E-state index in [0.29, 0.717) is 60.6 Å². The molecule has 1 unspecified atom stereocenters. The van der Waals surface area contributed by atoms with Gasteiger partial charge in [-0.25, -0.2) is 0 Å². The lowest BCUT2D eigenvalue weighted by Crippen LogP contribution is -2.42. The van der Waals surface area contributed by atoms with Crippen LogP contribution in [0.2, 0.25) is 5.02 Å². The molecule has 1 amide bonds. The number of morpholine rings is 1. The second kappa shape index (κ2) is 12.4. The third-order valence-electron chi connectivity index (χ3n) is 6.68. The fraction of sp³-hybridized carbons (Fsp3) is 0.429. The molecule has 0 radical (unpaired) electrons. The molecule has 2 aliphatic rings. The number of amides is 1. The minimum absolute atomic E-state index is 0.0380. The summed E-state index contributed by atoms with van der Waals surface area (Å²) in [7, 11) is 1.55. The summed E-state index contributed by atoms with van der Waals surface area (Å²) >= 11 is 6.02. The van der Waals surface area contributed by atoms with Gasteiger partial charge in [-0.05, 0) is 48.4 Å². The molecular formula is C28H33ClN2O6. The third-order valence-corrected chi connectivity index (χ3v) is 6.93. The highest BCUT2D eigenvalue weighted by atomic mass is 35.5. The molecule has 0 saturated carbocycles. The van der Waals surface area contributed by atoms with E-state index in [1.165, 1.54) is 4.90 Å². The van der Waals surface area contributed by atoms with Gasteiger partial charge in [0.15, 0.2) is 11.5 Å². The Morgan fingerprint density at radius 1 is 1.08 bits per heavy atom. The Labute approximate surface area is 222 Å². The standard InChI is InChI=1S/C28H33ClN2O6/c1-3-4-15-37-22-10-7-20(18-23(22)35-2)25-24(26(32)19-5-8-21(29)9-6-19)27(33)28(34)31(25)12-11-30-13-16-36-17-14-30/h5-10,18,25,32H,3-4,11-17H2,1-2H3/b26-24+. The molecule has 1 atom stereocenters. The Balaban J connectivity index is 1.73. The molecular weight excluding hydrogens is 496 g/mol. The zero-order valence-corrected chi connectivity index (χ0v) is 22.0. The second-order valence-electron chi connectivity index (χ2n) is 9.07. The molecule has 0 spiro atoms. The van der Waals surface area contributed by atoms with Crippen LogP contribution >= 0.6 is 11.6 Å². The first-order valence-electron chi connectivity index (χ1n) is 12.6. The molecule has 2 aromatic carbocycles. The van der Waals surface area contributed by atoms with Crippen LogP contribution in [0.1, 0.15) is 36.9 Å². The molecule has 2 aliphatic heterocycles. The van der Waals surface area contributed by atoms with E-state index in [2.05, 4.69) is 11.8 Å². The quantitative estimate of drug-likeness (QED) is 0.213. The van der Waals surface area contributed by atoms with Crippen LogP contribution in [0.15, 0.2) is 48.0 Å². The number of carbonyl (C=O) groups excluding carboxylic acids is 2. The number of Topliss-reactive ketones (excluding diaryl/α,β-unsaturated/α-hetero) is 1. The summed E-state index contributed by atoms with van der Waals surface area (Å²) in [6.45, 7) is 6.34. The summed E-state index contributed by atoms with van der Waals surface area (Å²) in [5.74, 6) is -0.518. The number of rotatable bonds is 10. The Morgan fingerprint density at radius 2 is 1.81 bits per heavy atom. The van der Waals surface area contributed by atoms with E-state index < -0.39 is 17.7 Å². The molecule has 0 aliphatic carbocycles. The predicted molar refractivity (Wildman–Crippen MR) is 141 cm³/mol.